The van der Waals surface area contributed by atoms with Crippen LogP contribution in [-0.2, 0) is 28.6 Å². The summed E-state index contributed by atoms with van der Waals surface area (Å²) in [5.41, 5.74) is 0. The van der Waals surface area contributed by atoms with Crippen molar-refractivity contribution in [2.24, 2.45) is 0 Å². The predicted octanol–water partition coefficient (Wildman–Crippen LogP) is 22.7. The first-order chi connectivity index (χ1) is 38.0. The molecule has 0 aliphatic heterocycles. The molecule has 444 valence electrons. The third kappa shape index (κ3) is 63.3. The quantitative estimate of drug-likeness (QED) is 0.0261. The number of carbonyl (C=O) groups is 3. The van der Waals surface area contributed by atoms with Gasteiger partial charge < -0.3 is 14.2 Å². The Morgan fingerprint density at radius 3 is 0.792 bits per heavy atom. The lowest BCUT2D eigenvalue weighted by Gasteiger charge is -2.18. The van der Waals surface area contributed by atoms with Crippen LogP contribution in [0.5, 0.6) is 0 Å². The standard InChI is InChI=1S/C71H124O6/c1-4-7-10-13-15-17-19-21-23-25-27-29-31-33-35-37-39-41-43-45-47-49-51-53-55-58-61-64-70(73)76-67-68(66-75-69(72)63-60-57-12-9-6-3)77-71(74)65-62-59-56-54-52-50-48-46-44-42-40-38-36-34-32-30-28-26-24-22-20-18-16-14-11-8-5-2/h7,10,15,17,21,23,27,29,33,35,39,41,45,47,68H,4-6,8-9,11-14,16,18-20,22,24-26,28,30-32,34,36-38,40,42-44,46,48-67H2,1-3H3/b10-7-,17-15-,23-21-,29-27-,35-33-,41-39-,47-45-. The summed E-state index contributed by atoms with van der Waals surface area (Å²) in [5, 5.41) is 0. The minimum absolute atomic E-state index is 0.0812. The highest BCUT2D eigenvalue weighted by Gasteiger charge is 2.19. The lowest BCUT2D eigenvalue weighted by atomic mass is 10.0. The monoisotopic (exact) mass is 1070 g/mol. The molecule has 0 radical (unpaired) electrons. The zero-order chi connectivity index (χ0) is 55.7. The first kappa shape index (κ1) is 73.6. The summed E-state index contributed by atoms with van der Waals surface area (Å²) in [6.45, 7) is 6.46. The van der Waals surface area contributed by atoms with Gasteiger partial charge in [-0.1, -0.05) is 318 Å². The van der Waals surface area contributed by atoms with Crippen molar-refractivity contribution in [2.45, 2.75) is 335 Å². The Bertz CT molecular complexity index is 1470. The van der Waals surface area contributed by atoms with Crippen molar-refractivity contribution in [1.82, 2.24) is 0 Å². The molecule has 77 heavy (non-hydrogen) atoms. The summed E-state index contributed by atoms with van der Waals surface area (Å²) < 4.78 is 16.8. The van der Waals surface area contributed by atoms with E-state index < -0.39 is 6.10 Å². The summed E-state index contributed by atoms with van der Waals surface area (Å²) in [6, 6.07) is 0. The largest absolute Gasteiger partial charge is 0.462 e. The van der Waals surface area contributed by atoms with Crippen LogP contribution >= 0.6 is 0 Å². The van der Waals surface area contributed by atoms with Crippen molar-refractivity contribution in [3.05, 3.63) is 85.1 Å². The number of unbranched alkanes of at least 4 members (excludes halogenated alkanes) is 35. The molecule has 0 fully saturated rings. The fourth-order valence-corrected chi connectivity index (χ4v) is 9.48. The molecule has 0 aromatic carbocycles. The Kier molecular flexibility index (Phi) is 62.2. The van der Waals surface area contributed by atoms with Gasteiger partial charge >= 0.3 is 17.9 Å². The van der Waals surface area contributed by atoms with Gasteiger partial charge in [0.15, 0.2) is 6.10 Å². The lowest BCUT2D eigenvalue weighted by molar-refractivity contribution is -0.167. The molecule has 0 heterocycles. The molecule has 1 unspecified atom stereocenters. The Labute approximate surface area is 477 Å². The number of hydrogen-bond donors (Lipinski definition) is 0. The fourth-order valence-electron chi connectivity index (χ4n) is 9.48. The molecule has 0 spiro atoms. The van der Waals surface area contributed by atoms with E-state index in [0.29, 0.717) is 19.3 Å². The third-order valence-electron chi connectivity index (χ3n) is 14.4. The second-order valence-electron chi connectivity index (χ2n) is 22.0. The topological polar surface area (TPSA) is 78.9 Å². The molecule has 6 nitrogen and oxygen atoms in total. The fraction of sp³-hybridized carbons (Fsp3) is 0.761. The molecule has 0 N–H and O–H groups in total. The van der Waals surface area contributed by atoms with Gasteiger partial charge in [0.25, 0.3) is 0 Å². The summed E-state index contributed by atoms with van der Waals surface area (Å²) in [6.07, 6.45) is 86.5. The molecular weight excluding hydrogens is 949 g/mol. The van der Waals surface area contributed by atoms with Crippen LogP contribution in [0.2, 0.25) is 0 Å². The zero-order valence-electron chi connectivity index (χ0n) is 51.0. The van der Waals surface area contributed by atoms with E-state index in [1.807, 2.05) is 0 Å². The summed E-state index contributed by atoms with van der Waals surface area (Å²) in [5.74, 6) is -0.902. The highest BCUT2D eigenvalue weighted by molar-refractivity contribution is 5.71. The van der Waals surface area contributed by atoms with Gasteiger partial charge in [-0.25, -0.2) is 0 Å². The first-order valence-corrected chi connectivity index (χ1v) is 33.1. The number of hydrogen-bond acceptors (Lipinski definition) is 6. The van der Waals surface area contributed by atoms with E-state index >= 15 is 0 Å². The van der Waals surface area contributed by atoms with Gasteiger partial charge in [-0.3, -0.25) is 14.4 Å². The molecule has 0 aliphatic carbocycles. The molecule has 0 saturated carbocycles. The summed E-state index contributed by atoms with van der Waals surface area (Å²) in [7, 11) is 0. The molecular formula is C71H124O6. The van der Waals surface area contributed by atoms with Gasteiger partial charge in [-0.15, -0.1) is 0 Å². The second kappa shape index (κ2) is 65.1. The van der Waals surface area contributed by atoms with E-state index in [9.17, 15) is 14.4 Å². The van der Waals surface area contributed by atoms with Gasteiger partial charge in [-0.2, -0.15) is 0 Å². The van der Waals surface area contributed by atoms with Crippen molar-refractivity contribution in [2.75, 3.05) is 13.2 Å². The van der Waals surface area contributed by atoms with Crippen LogP contribution in [0.1, 0.15) is 329 Å². The minimum Gasteiger partial charge on any atom is -0.462 e. The molecule has 0 rings (SSSR count). The molecule has 0 bridgehead atoms. The number of esters is 3. The molecule has 0 saturated heterocycles. The zero-order valence-corrected chi connectivity index (χ0v) is 51.0. The average Bonchev–Trinajstić information content (AvgIpc) is 3.43. The van der Waals surface area contributed by atoms with Crippen LogP contribution in [0.4, 0.5) is 0 Å². The van der Waals surface area contributed by atoms with Crippen LogP contribution in [0.3, 0.4) is 0 Å². The smallest absolute Gasteiger partial charge is 0.306 e. The van der Waals surface area contributed by atoms with Crippen LogP contribution in [0.25, 0.3) is 0 Å². The Morgan fingerprint density at radius 2 is 0.506 bits per heavy atom. The molecule has 0 amide bonds. The van der Waals surface area contributed by atoms with Gasteiger partial charge in [0.05, 0.1) is 0 Å². The van der Waals surface area contributed by atoms with Crippen molar-refractivity contribution >= 4 is 17.9 Å². The Hall–Kier alpha value is -3.41. The van der Waals surface area contributed by atoms with Crippen LogP contribution in [-0.4, -0.2) is 37.2 Å². The second-order valence-corrected chi connectivity index (χ2v) is 22.0. The third-order valence-corrected chi connectivity index (χ3v) is 14.4. The van der Waals surface area contributed by atoms with Gasteiger partial charge in [-0.05, 0) is 77.0 Å². The van der Waals surface area contributed by atoms with E-state index in [1.165, 1.54) is 161 Å². The van der Waals surface area contributed by atoms with Gasteiger partial charge in [0, 0.05) is 19.3 Å². The van der Waals surface area contributed by atoms with E-state index in [4.69, 9.17) is 14.2 Å². The predicted molar refractivity (Wildman–Crippen MR) is 334 cm³/mol. The number of ether oxygens (including phenoxy) is 3. The molecule has 6 heteroatoms. The maximum atomic E-state index is 12.8. The van der Waals surface area contributed by atoms with Crippen LogP contribution < -0.4 is 0 Å². The maximum absolute atomic E-state index is 12.8. The normalized spacial score (nSPS) is 12.6. The van der Waals surface area contributed by atoms with E-state index in [1.54, 1.807) is 0 Å². The van der Waals surface area contributed by atoms with Crippen molar-refractivity contribution < 1.29 is 28.6 Å². The van der Waals surface area contributed by atoms with E-state index in [-0.39, 0.29) is 31.1 Å². The highest BCUT2D eigenvalue weighted by Crippen LogP contribution is 2.18. The van der Waals surface area contributed by atoms with E-state index in [2.05, 4.69) is 106 Å². The Balaban J connectivity index is 4.05. The van der Waals surface area contributed by atoms with Crippen LogP contribution in [0.15, 0.2) is 85.1 Å². The van der Waals surface area contributed by atoms with Gasteiger partial charge in [0.1, 0.15) is 13.2 Å². The molecule has 0 aromatic rings. The average molecular weight is 1070 g/mol. The SMILES string of the molecule is CC/C=C\C/C=C\C/C=C\C/C=C\C/C=C\C/C=C\C/C=C\CCCCCCCC(=O)OCC(COC(=O)CCCCCCC)OC(=O)CCCCCCCCCCCCCCCCCCCCCCCCCCCCC. The van der Waals surface area contributed by atoms with Crippen molar-refractivity contribution in [1.29, 1.82) is 0 Å². The van der Waals surface area contributed by atoms with E-state index in [0.717, 1.165) is 128 Å². The number of rotatable bonds is 60. The Morgan fingerprint density at radius 1 is 0.273 bits per heavy atom. The summed E-state index contributed by atoms with van der Waals surface area (Å²) >= 11 is 0. The van der Waals surface area contributed by atoms with Crippen molar-refractivity contribution in [3.63, 3.8) is 0 Å². The van der Waals surface area contributed by atoms with Crippen molar-refractivity contribution in [3.8, 4) is 0 Å². The summed E-state index contributed by atoms with van der Waals surface area (Å²) in [4.78, 5) is 38.0. The molecule has 0 aliphatic rings. The minimum atomic E-state index is -0.781. The van der Waals surface area contributed by atoms with Gasteiger partial charge in [0.2, 0.25) is 0 Å². The number of carbonyl (C=O) groups excluding carboxylic acids is 3. The molecule has 1 atom stereocenters. The molecule has 0 aromatic heterocycles. The maximum Gasteiger partial charge on any atom is 0.306 e. The highest BCUT2D eigenvalue weighted by atomic mass is 16.6. The first-order valence-electron chi connectivity index (χ1n) is 33.1. The number of allylic oxidation sites excluding steroid dienone is 14. The van der Waals surface area contributed by atoms with Crippen LogP contribution in [0, 0.1) is 0 Å². The lowest BCUT2D eigenvalue weighted by Crippen LogP contribution is -2.30.